The van der Waals surface area contributed by atoms with Crippen molar-refractivity contribution < 1.29 is 9.13 Å². The summed E-state index contributed by atoms with van der Waals surface area (Å²) in [6.45, 7) is 1.04. The highest BCUT2D eigenvalue weighted by atomic mass is 19.1. The second kappa shape index (κ2) is 5.70. The average molecular weight is 198 g/mol. The van der Waals surface area contributed by atoms with Crippen LogP contribution in [-0.4, -0.2) is 13.8 Å². The molecule has 1 aromatic carbocycles. The number of halogens is 1. The molecule has 0 saturated carbocycles. The van der Waals surface area contributed by atoms with E-state index in [0.29, 0.717) is 18.7 Å². The zero-order chi connectivity index (χ0) is 10.4. The molecule has 14 heavy (non-hydrogen) atoms. The summed E-state index contributed by atoms with van der Waals surface area (Å²) in [5.41, 5.74) is 6.62. The van der Waals surface area contributed by atoms with Crippen LogP contribution in [0.3, 0.4) is 0 Å². The van der Waals surface area contributed by atoms with Gasteiger partial charge in [0.05, 0.1) is 13.3 Å². The SMILES string of the molecule is CNCc1ccc(COCN)cc1F. The Kier molecular flexibility index (Phi) is 4.52. The van der Waals surface area contributed by atoms with Crippen LogP contribution in [0, 0.1) is 5.82 Å². The predicted octanol–water partition coefficient (Wildman–Crippen LogP) is 0.978. The van der Waals surface area contributed by atoms with Crippen molar-refractivity contribution in [3.05, 3.63) is 35.1 Å². The molecule has 4 heteroatoms. The van der Waals surface area contributed by atoms with Crippen LogP contribution >= 0.6 is 0 Å². The van der Waals surface area contributed by atoms with Gasteiger partial charge in [0.25, 0.3) is 0 Å². The van der Waals surface area contributed by atoms with Gasteiger partial charge in [-0.05, 0) is 18.7 Å². The van der Waals surface area contributed by atoms with Crippen LogP contribution < -0.4 is 11.1 Å². The number of hydrogen-bond donors (Lipinski definition) is 2. The summed E-state index contributed by atoms with van der Waals surface area (Å²) in [6, 6.07) is 5.06. The van der Waals surface area contributed by atoms with Gasteiger partial charge in [-0.1, -0.05) is 12.1 Å². The number of nitrogens with one attached hydrogen (secondary N) is 1. The van der Waals surface area contributed by atoms with Gasteiger partial charge in [0.15, 0.2) is 0 Å². The van der Waals surface area contributed by atoms with Crippen LogP contribution in [0.5, 0.6) is 0 Å². The average Bonchev–Trinajstić information content (AvgIpc) is 2.19. The van der Waals surface area contributed by atoms with Gasteiger partial charge in [0, 0.05) is 12.1 Å². The first-order chi connectivity index (χ1) is 6.77. The lowest BCUT2D eigenvalue weighted by atomic mass is 10.1. The van der Waals surface area contributed by atoms with Crippen molar-refractivity contribution in [2.24, 2.45) is 5.73 Å². The van der Waals surface area contributed by atoms with Gasteiger partial charge in [-0.2, -0.15) is 0 Å². The molecule has 0 heterocycles. The normalized spacial score (nSPS) is 10.5. The molecule has 0 aliphatic heterocycles. The van der Waals surface area contributed by atoms with Crippen LogP contribution in [0.1, 0.15) is 11.1 Å². The fraction of sp³-hybridized carbons (Fsp3) is 0.400. The Morgan fingerprint density at radius 1 is 1.50 bits per heavy atom. The number of rotatable bonds is 5. The van der Waals surface area contributed by atoms with E-state index >= 15 is 0 Å². The van der Waals surface area contributed by atoms with E-state index in [1.807, 2.05) is 6.07 Å². The molecule has 0 saturated heterocycles. The molecule has 1 rings (SSSR count). The summed E-state index contributed by atoms with van der Waals surface area (Å²) in [5.74, 6) is -0.211. The molecule has 0 radical (unpaired) electrons. The molecule has 0 bridgehead atoms. The van der Waals surface area contributed by atoms with Crippen molar-refractivity contribution in [1.29, 1.82) is 0 Å². The molecule has 3 nitrogen and oxygen atoms in total. The lowest BCUT2D eigenvalue weighted by molar-refractivity contribution is 0.127. The minimum Gasteiger partial charge on any atom is -0.362 e. The zero-order valence-corrected chi connectivity index (χ0v) is 8.22. The maximum absolute atomic E-state index is 13.3. The van der Waals surface area contributed by atoms with Gasteiger partial charge in [0.1, 0.15) is 5.82 Å². The predicted molar refractivity (Wildman–Crippen MR) is 53.0 cm³/mol. The summed E-state index contributed by atoms with van der Waals surface area (Å²) in [6.07, 6.45) is 0. The van der Waals surface area contributed by atoms with E-state index in [-0.39, 0.29) is 12.5 Å². The molecule has 0 aliphatic carbocycles. The van der Waals surface area contributed by atoms with Gasteiger partial charge >= 0.3 is 0 Å². The van der Waals surface area contributed by atoms with E-state index in [9.17, 15) is 4.39 Å². The van der Waals surface area contributed by atoms with Gasteiger partial charge in [-0.15, -0.1) is 0 Å². The minimum absolute atomic E-state index is 0.153. The van der Waals surface area contributed by atoms with Crippen molar-refractivity contribution >= 4 is 0 Å². The van der Waals surface area contributed by atoms with E-state index in [4.69, 9.17) is 10.5 Å². The van der Waals surface area contributed by atoms with E-state index < -0.39 is 0 Å². The van der Waals surface area contributed by atoms with Crippen LogP contribution in [0.2, 0.25) is 0 Å². The van der Waals surface area contributed by atoms with Crippen molar-refractivity contribution in [3.63, 3.8) is 0 Å². The van der Waals surface area contributed by atoms with Crippen molar-refractivity contribution in [2.45, 2.75) is 13.2 Å². The third-order valence-electron chi connectivity index (χ3n) is 1.87. The maximum Gasteiger partial charge on any atom is 0.128 e. The third-order valence-corrected chi connectivity index (χ3v) is 1.87. The summed E-state index contributed by atoms with van der Waals surface area (Å²) in [4.78, 5) is 0. The number of nitrogens with two attached hydrogens (primary N) is 1. The Balaban J connectivity index is 2.68. The first-order valence-corrected chi connectivity index (χ1v) is 4.47. The highest BCUT2D eigenvalue weighted by Crippen LogP contribution is 2.10. The van der Waals surface area contributed by atoms with E-state index in [2.05, 4.69) is 5.32 Å². The Morgan fingerprint density at radius 2 is 2.29 bits per heavy atom. The molecular formula is C10H15FN2O. The lowest BCUT2D eigenvalue weighted by Crippen LogP contribution is -2.08. The van der Waals surface area contributed by atoms with Crippen LogP contribution in [0.4, 0.5) is 4.39 Å². The molecule has 0 aliphatic rings. The standard InChI is InChI=1S/C10H15FN2O/c1-13-5-9-3-2-8(4-10(9)11)6-14-7-12/h2-4,13H,5-7,12H2,1H3. The summed E-state index contributed by atoms with van der Waals surface area (Å²) in [5, 5.41) is 2.90. The first kappa shape index (κ1) is 11.1. The van der Waals surface area contributed by atoms with Crippen molar-refractivity contribution in [1.82, 2.24) is 5.32 Å². The third kappa shape index (κ3) is 3.06. The molecule has 0 atom stereocenters. The molecule has 3 N–H and O–H groups in total. The molecule has 0 unspecified atom stereocenters. The van der Waals surface area contributed by atoms with Crippen molar-refractivity contribution in [2.75, 3.05) is 13.8 Å². The fourth-order valence-corrected chi connectivity index (χ4v) is 1.19. The minimum atomic E-state index is -0.211. The zero-order valence-electron chi connectivity index (χ0n) is 8.22. The molecule has 1 aromatic rings. The van der Waals surface area contributed by atoms with Crippen LogP contribution in [-0.2, 0) is 17.9 Å². The summed E-state index contributed by atoms with van der Waals surface area (Å²) in [7, 11) is 1.78. The molecule has 0 amide bonds. The van der Waals surface area contributed by atoms with Crippen LogP contribution in [0.15, 0.2) is 18.2 Å². The number of hydrogen-bond acceptors (Lipinski definition) is 3. The first-order valence-electron chi connectivity index (χ1n) is 4.47. The van der Waals surface area contributed by atoms with E-state index in [1.54, 1.807) is 13.1 Å². The Labute approximate surface area is 83.1 Å². The summed E-state index contributed by atoms with van der Waals surface area (Å²) < 4.78 is 18.3. The van der Waals surface area contributed by atoms with Gasteiger partial charge in [-0.3, -0.25) is 0 Å². The van der Waals surface area contributed by atoms with Crippen molar-refractivity contribution in [3.8, 4) is 0 Å². The number of ether oxygens (including phenoxy) is 1. The van der Waals surface area contributed by atoms with E-state index in [0.717, 1.165) is 5.56 Å². The molecule has 78 valence electrons. The van der Waals surface area contributed by atoms with E-state index in [1.165, 1.54) is 6.07 Å². The van der Waals surface area contributed by atoms with Gasteiger partial charge < -0.3 is 15.8 Å². The second-order valence-electron chi connectivity index (χ2n) is 2.97. The molecular weight excluding hydrogens is 183 g/mol. The Hall–Kier alpha value is -0.970. The largest absolute Gasteiger partial charge is 0.362 e. The van der Waals surface area contributed by atoms with Crippen LogP contribution in [0.25, 0.3) is 0 Å². The highest BCUT2D eigenvalue weighted by molar-refractivity contribution is 5.23. The Bertz CT molecular complexity index is 291. The molecule has 0 fully saturated rings. The molecule has 0 spiro atoms. The smallest absolute Gasteiger partial charge is 0.128 e. The molecule has 0 aromatic heterocycles. The number of benzene rings is 1. The van der Waals surface area contributed by atoms with Gasteiger partial charge in [-0.25, -0.2) is 4.39 Å². The quantitative estimate of drug-likeness (QED) is 0.693. The monoisotopic (exact) mass is 198 g/mol. The van der Waals surface area contributed by atoms with Gasteiger partial charge in [0.2, 0.25) is 0 Å². The second-order valence-corrected chi connectivity index (χ2v) is 2.97. The maximum atomic E-state index is 13.3. The Morgan fingerprint density at radius 3 is 2.86 bits per heavy atom. The topological polar surface area (TPSA) is 47.3 Å². The summed E-state index contributed by atoms with van der Waals surface area (Å²) >= 11 is 0. The fourth-order valence-electron chi connectivity index (χ4n) is 1.19. The highest BCUT2D eigenvalue weighted by Gasteiger charge is 2.02. The lowest BCUT2D eigenvalue weighted by Gasteiger charge is -2.05.